The molecule has 1 aliphatic heterocycles. The fraction of sp³-hybridized carbons (Fsp3) is 0.250. The lowest BCUT2D eigenvalue weighted by Crippen LogP contribution is -2.46. The lowest BCUT2D eigenvalue weighted by atomic mass is 10.1. The van der Waals surface area contributed by atoms with Gasteiger partial charge in [-0.2, -0.15) is 0 Å². The average Bonchev–Trinajstić information content (AvgIpc) is 2.80. The summed E-state index contributed by atoms with van der Waals surface area (Å²) >= 11 is 0. The Bertz CT molecular complexity index is 997. The molecule has 1 amide bonds. The number of rotatable bonds is 5. The quantitative estimate of drug-likeness (QED) is 0.700. The van der Waals surface area contributed by atoms with E-state index in [9.17, 15) is 4.79 Å². The molecule has 154 valence electrons. The third-order valence-electron chi connectivity index (χ3n) is 5.42. The van der Waals surface area contributed by atoms with E-state index in [1.807, 2.05) is 43.5 Å². The van der Waals surface area contributed by atoms with E-state index in [0.29, 0.717) is 5.56 Å². The Morgan fingerprint density at radius 2 is 1.70 bits per heavy atom. The Hall–Kier alpha value is -3.54. The number of carbonyl (C=O) groups excluding carboxylic acids is 1. The summed E-state index contributed by atoms with van der Waals surface area (Å²) in [6.07, 6.45) is 1.84. The number of ether oxygens (including phenoxy) is 1. The van der Waals surface area contributed by atoms with Gasteiger partial charge in [0.2, 0.25) is 0 Å². The van der Waals surface area contributed by atoms with Crippen molar-refractivity contribution in [3.05, 3.63) is 78.0 Å². The largest absolute Gasteiger partial charge is 0.497 e. The zero-order valence-electron chi connectivity index (χ0n) is 17.3. The number of aryl methyl sites for hydroxylation is 1. The van der Waals surface area contributed by atoms with Gasteiger partial charge in [-0.05, 0) is 67.1 Å². The summed E-state index contributed by atoms with van der Waals surface area (Å²) < 4.78 is 5.21. The van der Waals surface area contributed by atoms with Crippen molar-refractivity contribution in [2.75, 3.05) is 48.4 Å². The average molecular weight is 402 g/mol. The first kappa shape index (κ1) is 19.8. The number of hydrogen-bond acceptors (Lipinski definition) is 5. The topological polar surface area (TPSA) is 57.7 Å². The van der Waals surface area contributed by atoms with Crippen LogP contribution in [0.15, 0.2) is 66.9 Å². The van der Waals surface area contributed by atoms with Gasteiger partial charge in [0.05, 0.1) is 7.11 Å². The smallest absolute Gasteiger partial charge is 0.255 e. The van der Waals surface area contributed by atoms with Crippen LogP contribution in [-0.2, 0) is 0 Å². The summed E-state index contributed by atoms with van der Waals surface area (Å²) in [4.78, 5) is 21.7. The van der Waals surface area contributed by atoms with Gasteiger partial charge in [-0.3, -0.25) is 4.79 Å². The number of carbonyl (C=O) groups is 1. The molecular weight excluding hydrogens is 376 g/mol. The molecule has 3 aromatic rings. The minimum absolute atomic E-state index is 0.119. The Morgan fingerprint density at radius 3 is 2.33 bits per heavy atom. The third kappa shape index (κ3) is 4.38. The van der Waals surface area contributed by atoms with Crippen molar-refractivity contribution in [1.29, 1.82) is 0 Å². The highest BCUT2D eigenvalue weighted by molar-refractivity contribution is 6.05. The van der Waals surface area contributed by atoms with Gasteiger partial charge >= 0.3 is 0 Å². The van der Waals surface area contributed by atoms with Crippen LogP contribution in [0.25, 0.3) is 0 Å². The lowest BCUT2D eigenvalue weighted by Gasteiger charge is -2.36. The molecule has 0 bridgehead atoms. The molecule has 2 aromatic carbocycles. The van der Waals surface area contributed by atoms with Crippen molar-refractivity contribution >= 4 is 23.1 Å². The summed E-state index contributed by atoms with van der Waals surface area (Å²) in [7, 11) is 1.62. The van der Waals surface area contributed by atoms with E-state index in [2.05, 4.69) is 38.3 Å². The van der Waals surface area contributed by atoms with Crippen LogP contribution in [0, 0.1) is 6.92 Å². The minimum Gasteiger partial charge on any atom is -0.497 e. The predicted molar refractivity (Wildman–Crippen MR) is 121 cm³/mol. The van der Waals surface area contributed by atoms with Gasteiger partial charge in [0, 0.05) is 49.3 Å². The maximum atomic E-state index is 12.6. The van der Waals surface area contributed by atoms with E-state index in [4.69, 9.17) is 4.74 Å². The molecule has 2 heterocycles. The maximum Gasteiger partial charge on any atom is 0.255 e. The fourth-order valence-corrected chi connectivity index (χ4v) is 3.71. The van der Waals surface area contributed by atoms with E-state index in [1.54, 1.807) is 19.2 Å². The molecule has 30 heavy (non-hydrogen) atoms. The highest BCUT2D eigenvalue weighted by atomic mass is 16.5. The first-order valence-corrected chi connectivity index (χ1v) is 10.1. The molecule has 0 radical (unpaired) electrons. The van der Waals surface area contributed by atoms with E-state index in [1.165, 1.54) is 0 Å². The van der Waals surface area contributed by atoms with Crippen molar-refractivity contribution in [3.8, 4) is 5.75 Å². The normalized spacial score (nSPS) is 13.8. The van der Waals surface area contributed by atoms with Crippen LogP contribution < -0.4 is 19.9 Å². The van der Waals surface area contributed by atoms with Gasteiger partial charge in [0.15, 0.2) is 0 Å². The van der Waals surface area contributed by atoms with E-state index in [-0.39, 0.29) is 5.91 Å². The van der Waals surface area contributed by atoms with Gasteiger partial charge in [0.25, 0.3) is 5.91 Å². The molecule has 0 aliphatic carbocycles. The predicted octanol–water partition coefficient (Wildman–Crippen LogP) is 3.98. The molecule has 0 saturated carbocycles. The zero-order chi connectivity index (χ0) is 20.9. The van der Waals surface area contributed by atoms with Gasteiger partial charge in [0.1, 0.15) is 11.6 Å². The molecule has 0 spiro atoms. The van der Waals surface area contributed by atoms with Crippen LogP contribution in [0.4, 0.5) is 17.2 Å². The first-order chi connectivity index (χ1) is 14.6. The van der Waals surface area contributed by atoms with Crippen LogP contribution in [0.5, 0.6) is 5.75 Å². The number of aromatic nitrogens is 1. The maximum absolute atomic E-state index is 12.6. The second-order valence-corrected chi connectivity index (χ2v) is 7.34. The van der Waals surface area contributed by atoms with E-state index < -0.39 is 0 Å². The summed E-state index contributed by atoms with van der Waals surface area (Å²) in [6, 6.07) is 19.5. The summed E-state index contributed by atoms with van der Waals surface area (Å²) in [5, 5.41) is 2.98. The number of hydrogen-bond donors (Lipinski definition) is 1. The van der Waals surface area contributed by atoms with Crippen LogP contribution in [0.2, 0.25) is 0 Å². The van der Waals surface area contributed by atoms with Crippen LogP contribution in [0.1, 0.15) is 15.9 Å². The summed E-state index contributed by atoms with van der Waals surface area (Å²) in [6.45, 7) is 5.66. The van der Waals surface area contributed by atoms with Crippen molar-refractivity contribution < 1.29 is 9.53 Å². The lowest BCUT2D eigenvalue weighted by molar-refractivity contribution is 0.102. The molecule has 1 aliphatic rings. The van der Waals surface area contributed by atoms with Crippen molar-refractivity contribution in [1.82, 2.24) is 4.98 Å². The zero-order valence-corrected chi connectivity index (χ0v) is 17.3. The van der Waals surface area contributed by atoms with Gasteiger partial charge in [-0.25, -0.2) is 4.98 Å². The fourth-order valence-electron chi connectivity index (χ4n) is 3.71. The first-order valence-electron chi connectivity index (χ1n) is 10.1. The second-order valence-electron chi connectivity index (χ2n) is 7.34. The van der Waals surface area contributed by atoms with E-state index in [0.717, 1.165) is 54.7 Å². The Morgan fingerprint density at radius 1 is 0.967 bits per heavy atom. The Kier molecular flexibility index (Phi) is 5.84. The highest BCUT2D eigenvalue weighted by Gasteiger charge is 2.18. The Labute approximate surface area is 177 Å². The van der Waals surface area contributed by atoms with Crippen LogP contribution >= 0.6 is 0 Å². The molecule has 1 saturated heterocycles. The second kappa shape index (κ2) is 8.86. The monoisotopic (exact) mass is 402 g/mol. The van der Waals surface area contributed by atoms with Gasteiger partial charge in [-0.15, -0.1) is 0 Å². The number of anilines is 3. The molecule has 6 heteroatoms. The van der Waals surface area contributed by atoms with Crippen LogP contribution in [0.3, 0.4) is 0 Å². The highest BCUT2D eigenvalue weighted by Crippen LogP contribution is 2.22. The van der Waals surface area contributed by atoms with Gasteiger partial charge in [-0.1, -0.05) is 6.07 Å². The van der Waals surface area contributed by atoms with Crippen molar-refractivity contribution in [2.45, 2.75) is 6.92 Å². The Balaban J connectivity index is 1.36. The number of pyridine rings is 1. The summed E-state index contributed by atoms with van der Waals surface area (Å²) in [5.41, 5.74) is 3.47. The molecular formula is C24H26N4O2. The number of methoxy groups -OCH3 is 1. The molecule has 1 fully saturated rings. The van der Waals surface area contributed by atoms with Crippen molar-refractivity contribution in [2.24, 2.45) is 0 Å². The molecule has 1 N–H and O–H groups in total. The standard InChI is InChI=1S/C24H26N4O2/c1-18-17-21(30-2)10-11-22(18)24(29)26-19-6-8-20(9-7-19)27-13-15-28(16-14-27)23-5-3-4-12-25-23/h3-12,17H,13-16H2,1-2H3,(H,26,29). The summed E-state index contributed by atoms with van der Waals surface area (Å²) in [5.74, 6) is 1.66. The number of benzene rings is 2. The molecule has 0 atom stereocenters. The number of nitrogens with zero attached hydrogens (tertiary/aromatic N) is 3. The molecule has 4 rings (SSSR count). The SMILES string of the molecule is COc1ccc(C(=O)Nc2ccc(N3CCN(c4ccccn4)CC3)cc2)c(C)c1. The van der Waals surface area contributed by atoms with Crippen LogP contribution in [-0.4, -0.2) is 44.2 Å². The number of amides is 1. The number of piperazine rings is 1. The van der Waals surface area contributed by atoms with Gasteiger partial charge < -0.3 is 19.9 Å². The van der Waals surface area contributed by atoms with Crippen molar-refractivity contribution in [3.63, 3.8) is 0 Å². The molecule has 6 nitrogen and oxygen atoms in total. The molecule has 1 aromatic heterocycles. The van der Waals surface area contributed by atoms with E-state index >= 15 is 0 Å². The minimum atomic E-state index is -0.119. The number of nitrogens with one attached hydrogen (secondary N) is 1. The third-order valence-corrected chi connectivity index (χ3v) is 5.42. The molecule has 0 unspecified atom stereocenters.